The molecule has 82 valence electrons. The van der Waals surface area contributed by atoms with Crippen molar-refractivity contribution in [3.63, 3.8) is 0 Å². The molecule has 1 N–H and O–H groups in total. The quantitative estimate of drug-likeness (QED) is 0.597. The predicted octanol–water partition coefficient (Wildman–Crippen LogP) is 1.03. The van der Waals surface area contributed by atoms with E-state index in [1.54, 1.807) is 6.92 Å². The highest BCUT2D eigenvalue weighted by Crippen LogP contribution is 2.16. The van der Waals surface area contributed by atoms with Crippen LogP contribution in [0.2, 0.25) is 0 Å². The lowest BCUT2D eigenvalue weighted by Crippen LogP contribution is -2.04. The molecule has 1 heterocycles. The van der Waals surface area contributed by atoms with Gasteiger partial charge in [-0.25, -0.2) is 4.79 Å². The number of ether oxygens (including phenoxy) is 1. The van der Waals surface area contributed by atoms with Crippen LogP contribution in [0.3, 0.4) is 0 Å². The number of rotatable bonds is 5. The number of carboxylic acid groups (broad SMARTS) is 1. The first-order valence-corrected chi connectivity index (χ1v) is 5.09. The van der Waals surface area contributed by atoms with Gasteiger partial charge in [-0.3, -0.25) is 4.79 Å². The van der Waals surface area contributed by atoms with Crippen LogP contribution in [0, 0.1) is 0 Å². The summed E-state index contributed by atoms with van der Waals surface area (Å²) in [5, 5.41) is 8.53. The predicted molar refractivity (Wildman–Crippen MR) is 50.8 cm³/mol. The minimum Gasteiger partial charge on any atom is -0.481 e. The number of carboxylic acids is 1. The van der Waals surface area contributed by atoms with Crippen molar-refractivity contribution in [2.45, 2.75) is 12.1 Å². The maximum Gasteiger partial charge on any atom is 0.360 e. The largest absolute Gasteiger partial charge is 0.481 e. The number of oxazole rings is 1. The Kier molecular flexibility index (Phi) is 4.17. The molecule has 0 bridgehead atoms. The summed E-state index contributed by atoms with van der Waals surface area (Å²) in [7, 11) is 0. The Bertz CT molecular complexity index is 362. The first-order chi connectivity index (χ1) is 7.13. The lowest BCUT2D eigenvalue weighted by atomic mass is 10.5. The lowest BCUT2D eigenvalue weighted by molar-refractivity contribution is -0.133. The SMILES string of the molecule is CCOC(=O)c1coc(SCC(=O)O)n1. The molecule has 0 radical (unpaired) electrons. The molecule has 0 aliphatic heterocycles. The first kappa shape index (κ1) is 11.6. The second-order valence-electron chi connectivity index (χ2n) is 2.40. The van der Waals surface area contributed by atoms with E-state index < -0.39 is 11.9 Å². The van der Waals surface area contributed by atoms with Gasteiger partial charge in [-0.15, -0.1) is 0 Å². The summed E-state index contributed by atoms with van der Waals surface area (Å²) in [6.45, 7) is 1.93. The van der Waals surface area contributed by atoms with Gasteiger partial charge in [0.15, 0.2) is 5.69 Å². The lowest BCUT2D eigenvalue weighted by Gasteiger charge is -1.94. The molecule has 0 unspecified atom stereocenters. The zero-order valence-corrected chi connectivity index (χ0v) is 8.74. The van der Waals surface area contributed by atoms with Gasteiger partial charge in [0.25, 0.3) is 5.22 Å². The Morgan fingerprint density at radius 3 is 3.00 bits per heavy atom. The van der Waals surface area contributed by atoms with Gasteiger partial charge >= 0.3 is 11.9 Å². The summed E-state index contributed by atoms with van der Waals surface area (Å²) in [6, 6.07) is 0. The highest BCUT2D eigenvalue weighted by molar-refractivity contribution is 7.99. The molecule has 6 nitrogen and oxygen atoms in total. The van der Waals surface area contributed by atoms with E-state index in [4.69, 9.17) is 9.52 Å². The molecule has 0 fully saturated rings. The minimum absolute atomic E-state index is 0.0461. The summed E-state index contributed by atoms with van der Waals surface area (Å²) in [5.74, 6) is -1.72. The van der Waals surface area contributed by atoms with E-state index in [-0.39, 0.29) is 23.3 Å². The van der Waals surface area contributed by atoms with Crippen molar-refractivity contribution >= 4 is 23.7 Å². The van der Waals surface area contributed by atoms with E-state index in [0.29, 0.717) is 0 Å². The van der Waals surface area contributed by atoms with Crippen LogP contribution >= 0.6 is 11.8 Å². The van der Waals surface area contributed by atoms with E-state index in [1.165, 1.54) is 0 Å². The molecule has 1 aromatic rings. The number of hydrogen-bond donors (Lipinski definition) is 1. The summed E-state index contributed by atoms with van der Waals surface area (Å²) in [4.78, 5) is 25.1. The fourth-order valence-electron chi connectivity index (χ4n) is 0.746. The van der Waals surface area contributed by atoms with Gasteiger partial charge < -0.3 is 14.3 Å². The summed E-state index contributed by atoms with van der Waals surface area (Å²) in [5.41, 5.74) is 0.0461. The third kappa shape index (κ3) is 3.62. The number of aromatic nitrogens is 1. The highest BCUT2D eigenvalue weighted by Gasteiger charge is 2.13. The standard InChI is InChI=1S/C8H9NO5S/c1-2-13-7(12)5-3-14-8(9-5)15-4-6(10)11/h3H,2,4H2,1H3,(H,10,11). The van der Waals surface area contributed by atoms with Crippen LogP contribution in [-0.4, -0.2) is 34.4 Å². The molecule has 1 aromatic heterocycles. The zero-order valence-electron chi connectivity index (χ0n) is 7.93. The van der Waals surface area contributed by atoms with E-state index in [0.717, 1.165) is 18.0 Å². The van der Waals surface area contributed by atoms with Crippen molar-refractivity contribution in [2.75, 3.05) is 12.4 Å². The number of esters is 1. The maximum atomic E-state index is 11.1. The van der Waals surface area contributed by atoms with Crippen molar-refractivity contribution in [3.8, 4) is 0 Å². The van der Waals surface area contributed by atoms with Gasteiger partial charge in [0.05, 0.1) is 6.61 Å². The van der Waals surface area contributed by atoms with Crippen LogP contribution in [0.5, 0.6) is 0 Å². The summed E-state index contributed by atoms with van der Waals surface area (Å²) < 4.78 is 9.55. The summed E-state index contributed by atoms with van der Waals surface area (Å²) in [6.07, 6.45) is 1.14. The van der Waals surface area contributed by atoms with Crippen molar-refractivity contribution in [3.05, 3.63) is 12.0 Å². The highest BCUT2D eigenvalue weighted by atomic mass is 32.2. The average molecular weight is 231 g/mol. The molecule has 15 heavy (non-hydrogen) atoms. The molecule has 0 amide bonds. The van der Waals surface area contributed by atoms with Crippen LogP contribution in [0.15, 0.2) is 15.9 Å². The molecule has 0 aromatic carbocycles. The molecule has 1 rings (SSSR count). The van der Waals surface area contributed by atoms with E-state index in [1.807, 2.05) is 0 Å². The van der Waals surface area contributed by atoms with Gasteiger partial charge in [0.2, 0.25) is 0 Å². The Balaban J connectivity index is 2.56. The maximum absolute atomic E-state index is 11.1. The van der Waals surface area contributed by atoms with Crippen LogP contribution in [0.4, 0.5) is 0 Å². The Morgan fingerprint density at radius 1 is 1.67 bits per heavy atom. The number of thioether (sulfide) groups is 1. The number of nitrogens with zero attached hydrogens (tertiary/aromatic N) is 1. The topological polar surface area (TPSA) is 89.6 Å². The fraction of sp³-hybridized carbons (Fsp3) is 0.375. The van der Waals surface area contributed by atoms with E-state index in [9.17, 15) is 9.59 Å². The molecule has 0 spiro atoms. The Labute approximate surface area is 89.6 Å². The second-order valence-corrected chi connectivity index (χ2v) is 3.33. The van der Waals surface area contributed by atoms with Crippen LogP contribution in [-0.2, 0) is 9.53 Å². The van der Waals surface area contributed by atoms with Crippen molar-refractivity contribution in [1.82, 2.24) is 4.98 Å². The van der Waals surface area contributed by atoms with Crippen LogP contribution in [0.25, 0.3) is 0 Å². The Hall–Kier alpha value is -1.50. The number of hydrogen-bond acceptors (Lipinski definition) is 6. The van der Waals surface area contributed by atoms with Crippen LogP contribution in [0.1, 0.15) is 17.4 Å². The molecular formula is C8H9NO5S. The van der Waals surface area contributed by atoms with E-state index in [2.05, 4.69) is 9.72 Å². The average Bonchev–Trinajstić information content (AvgIpc) is 2.63. The van der Waals surface area contributed by atoms with Gasteiger partial charge in [0.1, 0.15) is 12.0 Å². The van der Waals surface area contributed by atoms with E-state index >= 15 is 0 Å². The van der Waals surface area contributed by atoms with Gasteiger partial charge in [-0.2, -0.15) is 4.98 Å². The van der Waals surface area contributed by atoms with Gasteiger partial charge in [0, 0.05) is 0 Å². The number of carbonyl (C=O) groups excluding carboxylic acids is 1. The minimum atomic E-state index is -0.976. The molecule has 7 heteroatoms. The second kappa shape index (κ2) is 5.40. The smallest absolute Gasteiger partial charge is 0.360 e. The molecule has 0 aliphatic rings. The summed E-state index contributed by atoms with van der Waals surface area (Å²) >= 11 is 0.900. The zero-order chi connectivity index (χ0) is 11.3. The van der Waals surface area contributed by atoms with Gasteiger partial charge in [-0.05, 0) is 6.92 Å². The van der Waals surface area contributed by atoms with Crippen molar-refractivity contribution in [2.24, 2.45) is 0 Å². The Morgan fingerprint density at radius 2 is 2.40 bits per heavy atom. The van der Waals surface area contributed by atoms with Crippen molar-refractivity contribution < 1.29 is 23.8 Å². The monoisotopic (exact) mass is 231 g/mol. The third-order valence-corrected chi connectivity index (χ3v) is 2.11. The molecule has 0 atom stereocenters. The van der Waals surface area contributed by atoms with Crippen LogP contribution < -0.4 is 0 Å². The van der Waals surface area contributed by atoms with Crippen molar-refractivity contribution in [1.29, 1.82) is 0 Å². The number of carbonyl (C=O) groups is 2. The molecule has 0 saturated carbocycles. The molecule has 0 saturated heterocycles. The molecule has 0 aliphatic carbocycles. The fourth-order valence-corrected chi connectivity index (χ4v) is 1.27. The normalized spacial score (nSPS) is 9.93. The number of aliphatic carboxylic acids is 1. The molecular weight excluding hydrogens is 222 g/mol. The first-order valence-electron chi connectivity index (χ1n) is 4.10. The third-order valence-electron chi connectivity index (χ3n) is 1.29. The van der Waals surface area contributed by atoms with Gasteiger partial charge in [-0.1, -0.05) is 11.8 Å².